The summed E-state index contributed by atoms with van der Waals surface area (Å²) in [6.45, 7) is -0.0850. The predicted molar refractivity (Wildman–Crippen MR) is 36.4 cm³/mol. The zero-order chi connectivity index (χ0) is 8.27. The van der Waals surface area contributed by atoms with Gasteiger partial charge in [-0.05, 0) is 5.16 Å². The van der Waals surface area contributed by atoms with Crippen molar-refractivity contribution in [2.45, 2.75) is 0 Å². The minimum atomic E-state index is -0.291. The number of aromatic nitrogens is 1. The first-order valence-electron chi connectivity index (χ1n) is 3.02. The second-order valence-electron chi connectivity index (χ2n) is 1.86. The van der Waals surface area contributed by atoms with Crippen molar-refractivity contribution < 1.29 is 14.1 Å². The van der Waals surface area contributed by atoms with Crippen LogP contribution in [-0.4, -0.2) is 24.6 Å². The molecule has 0 aliphatic heterocycles. The van der Waals surface area contributed by atoms with Crippen LogP contribution in [0.5, 0.6) is 5.88 Å². The van der Waals surface area contributed by atoms with Crippen LogP contribution in [0.15, 0.2) is 10.6 Å². The standard InChI is InChI=1S/C6H8N2O3/c1-10-6-2-5(11-8-6)4(9)3-7/h2H,3,7H2,1H3. The summed E-state index contributed by atoms with van der Waals surface area (Å²) in [5, 5.41) is 3.43. The van der Waals surface area contributed by atoms with E-state index >= 15 is 0 Å². The van der Waals surface area contributed by atoms with E-state index in [-0.39, 0.29) is 24.0 Å². The van der Waals surface area contributed by atoms with Gasteiger partial charge < -0.3 is 15.0 Å². The van der Waals surface area contributed by atoms with Crippen LogP contribution in [0, 0.1) is 0 Å². The summed E-state index contributed by atoms with van der Waals surface area (Å²) in [6, 6.07) is 1.40. The minimum absolute atomic E-state index is 0.0850. The number of rotatable bonds is 3. The van der Waals surface area contributed by atoms with Crippen molar-refractivity contribution in [2.75, 3.05) is 13.7 Å². The smallest absolute Gasteiger partial charge is 0.254 e. The van der Waals surface area contributed by atoms with Crippen LogP contribution in [0.3, 0.4) is 0 Å². The van der Waals surface area contributed by atoms with Crippen LogP contribution in [0.25, 0.3) is 0 Å². The van der Waals surface area contributed by atoms with E-state index in [0.717, 1.165) is 0 Å². The summed E-state index contributed by atoms with van der Waals surface area (Å²) in [7, 11) is 1.44. The van der Waals surface area contributed by atoms with Crippen molar-refractivity contribution in [3.63, 3.8) is 0 Å². The highest BCUT2D eigenvalue weighted by Gasteiger charge is 2.10. The van der Waals surface area contributed by atoms with Gasteiger partial charge in [-0.25, -0.2) is 0 Å². The number of nitrogens with two attached hydrogens (primary N) is 1. The van der Waals surface area contributed by atoms with Crippen LogP contribution in [-0.2, 0) is 0 Å². The molecule has 0 aromatic carbocycles. The van der Waals surface area contributed by atoms with Crippen LogP contribution < -0.4 is 10.5 Å². The van der Waals surface area contributed by atoms with Gasteiger partial charge in [0.15, 0.2) is 0 Å². The van der Waals surface area contributed by atoms with Gasteiger partial charge in [-0.15, -0.1) is 0 Å². The SMILES string of the molecule is COc1cc(C(=O)CN)on1. The fraction of sp³-hybridized carbons (Fsp3) is 0.333. The van der Waals surface area contributed by atoms with E-state index in [2.05, 4.69) is 9.68 Å². The van der Waals surface area contributed by atoms with Crippen molar-refractivity contribution >= 4 is 5.78 Å². The summed E-state index contributed by atoms with van der Waals surface area (Å²) >= 11 is 0. The highest BCUT2D eigenvalue weighted by molar-refractivity contribution is 5.94. The average Bonchev–Trinajstić information content (AvgIpc) is 2.50. The maximum Gasteiger partial charge on any atom is 0.254 e. The lowest BCUT2D eigenvalue weighted by Crippen LogP contribution is -2.12. The molecule has 1 aromatic heterocycles. The van der Waals surface area contributed by atoms with Gasteiger partial charge in [0.05, 0.1) is 19.7 Å². The first-order chi connectivity index (χ1) is 5.27. The Labute approximate surface area is 63.1 Å². The molecule has 0 atom stereocenters. The third-order valence-corrected chi connectivity index (χ3v) is 1.16. The number of hydrogen-bond donors (Lipinski definition) is 1. The summed E-state index contributed by atoms with van der Waals surface area (Å²) in [5.41, 5.74) is 5.08. The fourth-order valence-electron chi connectivity index (χ4n) is 0.587. The van der Waals surface area contributed by atoms with Gasteiger partial charge in [-0.3, -0.25) is 4.79 Å². The molecule has 0 radical (unpaired) electrons. The number of nitrogens with zero attached hydrogens (tertiary/aromatic N) is 1. The Balaban J connectivity index is 2.80. The molecular weight excluding hydrogens is 148 g/mol. The van der Waals surface area contributed by atoms with Gasteiger partial charge in [0, 0.05) is 0 Å². The molecule has 0 aliphatic rings. The number of carbonyl (C=O) groups is 1. The molecule has 0 saturated heterocycles. The molecule has 60 valence electrons. The molecule has 0 unspecified atom stereocenters. The quantitative estimate of drug-likeness (QED) is 0.614. The minimum Gasteiger partial charge on any atom is -0.479 e. The molecule has 5 nitrogen and oxygen atoms in total. The van der Waals surface area contributed by atoms with Gasteiger partial charge in [-0.1, -0.05) is 0 Å². The van der Waals surface area contributed by atoms with Crippen molar-refractivity contribution in [2.24, 2.45) is 5.73 Å². The average molecular weight is 156 g/mol. The Morgan fingerprint density at radius 1 is 1.91 bits per heavy atom. The topological polar surface area (TPSA) is 78.4 Å². The van der Waals surface area contributed by atoms with Crippen molar-refractivity contribution in [1.29, 1.82) is 0 Å². The molecule has 5 heteroatoms. The van der Waals surface area contributed by atoms with E-state index in [1.165, 1.54) is 13.2 Å². The molecule has 0 aliphatic carbocycles. The third-order valence-electron chi connectivity index (χ3n) is 1.16. The number of ether oxygens (including phenoxy) is 1. The Kier molecular flexibility index (Phi) is 2.22. The van der Waals surface area contributed by atoms with Crippen molar-refractivity contribution in [3.05, 3.63) is 11.8 Å². The van der Waals surface area contributed by atoms with E-state index < -0.39 is 0 Å². The van der Waals surface area contributed by atoms with E-state index in [4.69, 9.17) is 10.5 Å². The molecule has 1 rings (SSSR count). The second kappa shape index (κ2) is 3.16. The zero-order valence-electron chi connectivity index (χ0n) is 6.03. The number of methoxy groups -OCH3 is 1. The molecule has 0 amide bonds. The van der Waals surface area contributed by atoms with Crippen molar-refractivity contribution in [1.82, 2.24) is 5.16 Å². The Bertz CT molecular complexity index is 256. The van der Waals surface area contributed by atoms with Crippen LogP contribution in [0.2, 0.25) is 0 Å². The Morgan fingerprint density at radius 2 is 2.64 bits per heavy atom. The summed E-state index contributed by atoms with van der Waals surface area (Å²) in [6.07, 6.45) is 0. The van der Waals surface area contributed by atoms with Gasteiger partial charge in [0.1, 0.15) is 0 Å². The number of ketones is 1. The fourth-order valence-corrected chi connectivity index (χ4v) is 0.587. The van der Waals surface area contributed by atoms with Crippen LogP contribution in [0.4, 0.5) is 0 Å². The van der Waals surface area contributed by atoms with E-state index in [9.17, 15) is 4.79 Å². The van der Waals surface area contributed by atoms with Crippen molar-refractivity contribution in [3.8, 4) is 5.88 Å². The molecule has 0 fully saturated rings. The maximum atomic E-state index is 10.8. The van der Waals surface area contributed by atoms with Gasteiger partial charge in [-0.2, -0.15) is 0 Å². The summed E-state index contributed by atoms with van der Waals surface area (Å²) in [5.74, 6) is 0.118. The molecule has 0 spiro atoms. The monoisotopic (exact) mass is 156 g/mol. The molecule has 0 bridgehead atoms. The Hall–Kier alpha value is -1.36. The van der Waals surface area contributed by atoms with Crippen LogP contribution >= 0.6 is 0 Å². The highest BCUT2D eigenvalue weighted by Crippen LogP contribution is 2.09. The predicted octanol–water partition coefficient (Wildman–Crippen LogP) is -0.175. The molecule has 11 heavy (non-hydrogen) atoms. The van der Waals surface area contributed by atoms with E-state index in [1.807, 2.05) is 0 Å². The summed E-state index contributed by atoms with van der Waals surface area (Å²) in [4.78, 5) is 10.8. The lowest BCUT2D eigenvalue weighted by molar-refractivity contribution is 0.0966. The zero-order valence-corrected chi connectivity index (χ0v) is 6.03. The first kappa shape index (κ1) is 7.74. The molecule has 1 heterocycles. The number of hydrogen-bond acceptors (Lipinski definition) is 5. The molecular formula is C6H8N2O3. The Morgan fingerprint density at radius 3 is 3.09 bits per heavy atom. The maximum absolute atomic E-state index is 10.8. The third kappa shape index (κ3) is 1.56. The highest BCUT2D eigenvalue weighted by atomic mass is 16.5. The second-order valence-corrected chi connectivity index (χ2v) is 1.86. The summed E-state index contributed by atoms with van der Waals surface area (Å²) < 4.78 is 9.30. The molecule has 1 aromatic rings. The van der Waals surface area contributed by atoms with E-state index in [1.54, 1.807) is 0 Å². The van der Waals surface area contributed by atoms with Gasteiger partial charge >= 0.3 is 0 Å². The lowest BCUT2D eigenvalue weighted by atomic mass is 10.3. The number of Topliss-reactive ketones (excluding diaryl/α,β-unsaturated/α-hetero) is 1. The van der Waals surface area contributed by atoms with Gasteiger partial charge in [0.25, 0.3) is 5.88 Å². The first-order valence-corrected chi connectivity index (χ1v) is 3.02. The largest absolute Gasteiger partial charge is 0.479 e. The normalized spacial score (nSPS) is 9.64. The molecule has 0 saturated carbocycles. The van der Waals surface area contributed by atoms with E-state index in [0.29, 0.717) is 0 Å². The number of carbonyl (C=O) groups excluding carboxylic acids is 1. The molecule has 2 N–H and O–H groups in total. The lowest BCUT2D eigenvalue weighted by Gasteiger charge is -1.85. The van der Waals surface area contributed by atoms with Gasteiger partial charge in [0.2, 0.25) is 11.5 Å². The van der Waals surface area contributed by atoms with Crippen LogP contribution in [0.1, 0.15) is 10.6 Å².